The van der Waals surface area contributed by atoms with E-state index in [1.807, 2.05) is 13.8 Å². The molecule has 1 aliphatic heterocycles. The van der Waals surface area contributed by atoms with E-state index in [-0.39, 0.29) is 12.0 Å². The second-order valence-electron chi connectivity index (χ2n) is 7.30. The lowest BCUT2D eigenvalue weighted by Crippen LogP contribution is -2.27. The van der Waals surface area contributed by atoms with Crippen molar-refractivity contribution in [2.24, 2.45) is 0 Å². The van der Waals surface area contributed by atoms with Gasteiger partial charge in [0.05, 0.1) is 6.10 Å². The molecule has 0 atom stereocenters. The fraction of sp³-hybridized carbons (Fsp3) is 0.333. The highest BCUT2D eigenvalue weighted by Crippen LogP contribution is 2.24. The Bertz CT molecular complexity index is 1020. The molecule has 0 radical (unpaired) electrons. The van der Waals surface area contributed by atoms with Crippen LogP contribution in [0.25, 0.3) is 0 Å². The zero-order chi connectivity index (χ0) is 21.7. The van der Waals surface area contributed by atoms with Crippen LogP contribution in [0.1, 0.15) is 26.7 Å². The number of sulfonamides is 1. The van der Waals surface area contributed by atoms with Gasteiger partial charge < -0.3 is 15.0 Å². The summed E-state index contributed by atoms with van der Waals surface area (Å²) in [5.74, 6) is -0.742. The van der Waals surface area contributed by atoms with Crippen LogP contribution in [-0.4, -0.2) is 38.6 Å². The van der Waals surface area contributed by atoms with Crippen molar-refractivity contribution in [2.75, 3.05) is 27.2 Å². The van der Waals surface area contributed by atoms with Crippen molar-refractivity contribution in [1.82, 2.24) is 0 Å². The molecule has 2 aromatic rings. The van der Waals surface area contributed by atoms with Crippen LogP contribution >= 0.6 is 0 Å². The molecule has 1 saturated heterocycles. The maximum absolute atomic E-state index is 12.3. The second-order valence-corrected chi connectivity index (χ2v) is 9.02. The lowest BCUT2D eigenvalue weighted by atomic mass is 10.2. The first kappa shape index (κ1) is 21.6. The SMILES string of the molecule is CC(C)Oc1ccc(NS(=O)(=O)CC(=O)Nc2cccc(N3CCCC3=O)c2)cc1. The number of amides is 2. The number of nitrogens with zero attached hydrogens (tertiary/aromatic N) is 1. The quantitative estimate of drug-likeness (QED) is 0.669. The van der Waals surface area contributed by atoms with Crippen LogP contribution in [0, 0.1) is 0 Å². The number of carbonyl (C=O) groups excluding carboxylic acids is 2. The molecule has 0 aliphatic carbocycles. The van der Waals surface area contributed by atoms with Crippen molar-refractivity contribution in [3.05, 3.63) is 48.5 Å². The predicted molar refractivity (Wildman–Crippen MR) is 116 cm³/mol. The molecule has 0 unspecified atom stereocenters. The van der Waals surface area contributed by atoms with Crippen molar-refractivity contribution in [1.29, 1.82) is 0 Å². The molecule has 9 heteroatoms. The van der Waals surface area contributed by atoms with Gasteiger partial charge in [0.25, 0.3) is 0 Å². The molecule has 3 rings (SSSR count). The Kier molecular flexibility index (Phi) is 6.61. The second kappa shape index (κ2) is 9.17. The van der Waals surface area contributed by atoms with Crippen molar-refractivity contribution in [3.63, 3.8) is 0 Å². The van der Waals surface area contributed by atoms with Crippen molar-refractivity contribution < 1.29 is 22.7 Å². The number of carbonyl (C=O) groups is 2. The summed E-state index contributed by atoms with van der Waals surface area (Å²) in [7, 11) is -3.89. The summed E-state index contributed by atoms with van der Waals surface area (Å²) in [6.07, 6.45) is 1.31. The maximum atomic E-state index is 12.3. The predicted octanol–water partition coefficient (Wildman–Crippen LogP) is 2.98. The fourth-order valence-corrected chi connectivity index (χ4v) is 4.12. The summed E-state index contributed by atoms with van der Waals surface area (Å²) >= 11 is 0. The van der Waals surface area contributed by atoms with Crippen LogP contribution in [0.3, 0.4) is 0 Å². The van der Waals surface area contributed by atoms with Gasteiger partial charge in [0.2, 0.25) is 21.8 Å². The van der Waals surface area contributed by atoms with Gasteiger partial charge in [-0.2, -0.15) is 0 Å². The number of ether oxygens (including phenoxy) is 1. The van der Waals surface area contributed by atoms with Gasteiger partial charge in [-0.15, -0.1) is 0 Å². The third kappa shape index (κ3) is 5.96. The zero-order valence-electron chi connectivity index (χ0n) is 16.9. The van der Waals surface area contributed by atoms with E-state index >= 15 is 0 Å². The molecule has 8 nitrogen and oxygen atoms in total. The molecule has 2 N–H and O–H groups in total. The number of hydrogen-bond donors (Lipinski definition) is 2. The largest absolute Gasteiger partial charge is 0.491 e. The van der Waals surface area contributed by atoms with Crippen LogP contribution < -0.4 is 19.7 Å². The van der Waals surface area contributed by atoms with Crippen molar-refractivity contribution >= 4 is 38.9 Å². The highest BCUT2D eigenvalue weighted by atomic mass is 32.2. The van der Waals surface area contributed by atoms with Gasteiger partial charge in [0, 0.05) is 30.0 Å². The van der Waals surface area contributed by atoms with E-state index in [1.54, 1.807) is 53.4 Å². The molecule has 2 amide bonds. The van der Waals surface area contributed by atoms with E-state index in [0.29, 0.717) is 35.8 Å². The summed E-state index contributed by atoms with van der Waals surface area (Å²) in [6.45, 7) is 4.43. The Balaban J connectivity index is 1.59. The summed E-state index contributed by atoms with van der Waals surface area (Å²) < 4.78 is 32.6. The molecule has 0 bridgehead atoms. The third-order valence-electron chi connectivity index (χ3n) is 4.34. The lowest BCUT2D eigenvalue weighted by Gasteiger charge is -2.17. The number of nitrogens with one attached hydrogen (secondary N) is 2. The number of hydrogen-bond acceptors (Lipinski definition) is 5. The monoisotopic (exact) mass is 431 g/mol. The van der Waals surface area contributed by atoms with E-state index in [0.717, 1.165) is 6.42 Å². The number of rotatable bonds is 8. The molecule has 0 aromatic heterocycles. The topological polar surface area (TPSA) is 105 Å². The molecule has 0 saturated carbocycles. The van der Waals surface area contributed by atoms with Crippen molar-refractivity contribution in [3.8, 4) is 5.75 Å². The molecule has 0 spiro atoms. The molecular formula is C21H25N3O5S. The highest BCUT2D eigenvalue weighted by molar-refractivity contribution is 7.93. The van der Waals surface area contributed by atoms with Crippen LogP contribution in [0.2, 0.25) is 0 Å². The number of anilines is 3. The Morgan fingerprint density at radius 2 is 1.87 bits per heavy atom. The summed E-state index contributed by atoms with van der Waals surface area (Å²) in [4.78, 5) is 25.8. The first-order valence-electron chi connectivity index (χ1n) is 9.69. The Morgan fingerprint density at radius 3 is 2.50 bits per heavy atom. The van der Waals surface area contributed by atoms with E-state index in [4.69, 9.17) is 4.74 Å². The Hall–Kier alpha value is -3.07. The molecule has 1 fully saturated rings. The number of benzene rings is 2. The van der Waals surface area contributed by atoms with Crippen molar-refractivity contribution in [2.45, 2.75) is 32.8 Å². The fourth-order valence-electron chi connectivity index (χ4n) is 3.13. The third-order valence-corrected chi connectivity index (χ3v) is 5.52. The molecule has 1 aliphatic rings. The van der Waals surface area contributed by atoms with Gasteiger partial charge in [0.15, 0.2) is 0 Å². The van der Waals surface area contributed by atoms with Gasteiger partial charge in [-0.1, -0.05) is 6.07 Å². The molecule has 1 heterocycles. The zero-order valence-corrected chi connectivity index (χ0v) is 17.7. The average molecular weight is 432 g/mol. The first-order chi connectivity index (χ1) is 14.2. The highest BCUT2D eigenvalue weighted by Gasteiger charge is 2.22. The lowest BCUT2D eigenvalue weighted by molar-refractivity contribution is -0.117. The van der Waals surface area contributed by atoms with Gasteiger partial charge >= 0.3 is 0 Å². The van der Waals surface area contributed by atoms with E-state index < -0.39 is 21.7 Å². The minimum atomic E-state index is -3.89. The first-order valence-corrected chi connectivity index (χ1v) is 11.3. The minimum Gasteiger partial charge on any atom is -0.491 e. The van der Waals surface area contributed by atoms with E-state index in [1.165, 1.54) is 0 Å². The smallest absolute Gasteiger partial charge is 0.241 e. The van der Waals surface area contributed by atoms with E-state index in [9.17, 15) is 18.0 Å². The van der Waals surface area contributed by atoms with Gasteiger partial charge in [0.1, 0.15) is 11.5 Å². The van der Waals surface area contributed by atoms with Gasteiger partial charge in [-0.05, 0) is 62.7 Å². The van der Waals surface area contributed by atoms with Crippen LogP contribution in [0.5, 0.6) is 5.75 Å². The molecular weight excluding hydrogens is 406 g/mol. The van der Waals surface area contributed by atoms with Crippen LogP contribution in [-0.2, 0) is 19.6 Å². The van der Waals surface area contributed by atoms with E-state index in [2.05, 4.69) is 10.0 Å². The van der Waals surface area contributed by atoms with Crippen LogP contribution in [0.15, 0.2) is 48.5 Å². The molecule has 160 valence electrons. The summed E-state index contributed by atoms with van der Waals surface area (Å²) in [5.41, 5.74) is 1.45. The normalized spacial score (nSPS) is 14.1. The summed E-state index contributed by atoms with van der Waals surface area (Å²) in [6, 6.07) is 13.3. The maximum Gasteiger partial charge on any atom is 0.241 e. The Labute approximate surface area is 176 Å². The van der Waals surface area contributed by atoms with Gasteiger partial charge in [-0.25, -0.2) is 8.42 Å². The molecule has 30 heavy (non-hydrogen) atoms. The minimum absolute atomic E-state index is 0.0123. The van der Waals surface area contributed by atoms with Gasteiger partial charge in [-0.3, -0.25) is 14.3 Å². The summed E-state index contributed by atoms with van der Waals surface area (Å²) in [5, 5.41) is 2.58. The molecule has 2 aromatic carbocycles. The average Bonchev–Trinajstić information content (AvgIpc) is 3.08. The van der Waals surface area contributed by atoms with Crippen LogP contribution in [0.4, 0.5) is 17.1 Å². The standard InChI is InChI=1S/C21H25N3O5S/c1-15(2)29-19-10-8-16(9-11-19)23-30(27,28)14-20(25)22-17-5-3-6-18(13-17)24-12-4-7-21(24)26/h3,5-6,8-11,13,15,23H,4,7,12,14H2,1-2H3,(H,22,25). The Morgan fingerprint density at radius 1 is 1.13 bits per heavy atom.